The Morgan fingerprint density at radius 2 is 2.07 bits per heavy atom. The second-order valence-corrected chi connectivity index (χ2v) is 5.08. The van der Waals surface area contributed by atoms with Crippen molar-refractivity contribution in [2.75, 3.05) is 0 Å². The molecule has 0 amide bonds. The molecule has 15 heavy (non-hydrogen) atoms. The Labute approximate surface area is 90.5 Å². The zero-order valence-corrected chi connectivity index (χ0v) is 9.07. The van der Waals surface area contributed by atoms with E-state index in [4.69, 9.17) is 0 Å². The van der Waals surface area contributed by atoms with Gasteiger partial charge >= 0.3 is 0 Å². The molecule has 1 nitrogen and oxygen atoms in total. The summed E-state index contributed by atoms with van der Waals surface area (Å²) in [5, 5.41) is 0. The number of rotatable bonds is 3. The van der Waals surface area contributed by atoms with Gasteiger partial charge in [0.15, 0.2) is 0 Å². The van der Waals surface area contributed by atoms with Gasteiger partial charge in [0, 0.05) is 11.3 Å². The lowest BCUT2D eigenvalue weighted by Crippen LogP contribution is -2.15. The molecule has 2 aliphatic rings. The third kappa shape index (κ3) is 1.19. The van der Waals surface area contributed by atoms with Gasteiger partial charge in [-0.25, -0.2) is 0 Å². The minimum absolute atomic E-state index is 0.243. The van der Waals surface area contributed by atoms with Crippen LogP contribution in [-0.2, 0) is 10.2 Å². The monoisotopic (exact) mass is 200 g/mol. The Hall–Kier alpha value is -1.11. The van der Waals surface area contributed by atoms with Crippen molar-refractivity contribution in [1.29, 1.82) is 0 Å². The van der Waals surface area contributed by atoms with Gasteiger partial charge < -0.3 is 4.79 Å². The second kappa shape index (κ2) is 2.94. The molecular formula is C14H16O. The largest absolute Gasteiger partial charge is 0.303 e. The van der Waals surface area contributed by atoms with Crippen LogP contribution in [0.2, 0.25) is 0 Å². The Balaban J connectivity index is 2.04. The van der Waals surface area contributed by atoms with Crippen molar-refractivity contribution >= 4 is 6.29 Å². The van der Waals surface area contributed by atoms with E-state index in [1.807, 2.05) is 0 Å². The molecule has 0 aromatic heterocycles. The fourth-order valence-electron chi connectivity index (χ4n) is 3.17. The molecule has 0 radical (unpaired) electrons. The number of aldehydes is 1. The highest BCUT2D eigenvalue weighted by Gasteiger charge is 2.63. The molecule has 1 aromatic carbocycles. The summed E-state index contributed by atoms with van der Waals surface area (Å²) in [4.78, 5) is 11.0. The summed E-state index contributed by atoms with van der Waals surface area (Å²) in [5.74, 6) is 1.08. The fraction of sp³-hybridized carbons (Fsp3) is 0.500. The van der Waals surface area contributed by atoms with Crippen LogP contribution in [-0.4, -0.2) is 6.29 Å². The quantitative estimate of drug-likeness (QED) is 0.686. The number of carbonyl (C=O) groups is 1. The maximum atomic E-state index is 11.0. The highest BCUT2D eigenvalue weighted by molar-refractivity contribution is 5.66. The second-order valence-electron chi connectivity index (χ2n) is 5.08. The highest BCUT2D eigenvalue weighted by Crippen LogP contribution is 2.65. The topological polar surface area (TPSA) is 17.1 Å². The van der Waals surface area contributed by atoms with E-state index in [0.717, 1.165) is 12.3 Å². The van der Waals surface area contributed by atoms with E-state index in [1.165, 1.54) is 30.3 Å². The van der Waals surface area contributed by atoms with Crippen LogP contribution in [0.25, 0.3) is 0 Å². The van der Waals surface area contributed by atoms with Crippen LogP contribution < -0.4 is 0 Å². The average molecular weight is 200 g/mol. The summed E-state index contributed by atoms with van der Waals surface area (Å²) < 4.78 is 0. The first-order valence-electron chi connectivity index (χ1n) is 5.80. The van der Waals surface area contributed by atoms with Gasteiger partial charge in [-0.1, -0.05) is 24.3 Å². The Bertz CT molecular complexity index is 406. The molecule has 2 unspecified atom stereocenters. The minimum atomic E-state index is 0.243. The third-order valence-corrected chi connectivity index (χ3v) is 4.18. The van der Waals surface area contributed by atoms with Crippen molar-refractivity contribution in [2.24, 2.45) is 11.8 Å². The van der Waals surface area contributed by atoms with E-state index < -0.39 is 0 Å². The Morgan fingerprint density at radius 1 is 1.33 bits per heavy atom. The standard InChI is InChI=1S/C14H16O/c1-10-4-2-3-5-13(10)14(11-6-7-11)8-12(14)9-15/h2-5,9,11-12H,6-8H2,1H3. The fourth-order valence-corrected chi connectivity index (χ4v) is 3.17. The zero-order chi connectivity index (χ0) is 10.5. The van der Waals surface area contributed by atoms with E-state index in [-0.39, 0.29) is 5.41 Å². The number of benzene rings is 1. The van der Waals surface area contributed by atoms with Gasteiger partial charge in [0.05, 0.1) is 0 Å². The Kier molecular flexibility index (Phi) is 1.79. The van der Waals surface area contributed by atoms with Crippen molar-refractivity contribution in [2.45, 2.75) is 31.6 Å². The molecule has 2 atom stereocenters. The lowest BCUT2D eigenvalue weighted by atomic mass is 9.85. The summed E-state index contributed by atoms with van der Waals surface area (Å²) in [6.07, 6.45) is 4.90. The molecule has 0 saturated heterocycles. The summed E-state index contributed by atoms with van der Waals surface area (Å²) in [7, 11) is 0. The highest BCUT2D eigenvalue weighted by atomic mass is 16.1. The van der Waals surface area contributed by atoms with Crippen LogP contribution >= 0.6 is 0 Å². The summed E-state index contributed by atoms with van der Waals surface area (Å²) >= 11 is 0. The molecule has 2 saturated carbocycles. The predicted octanol–water partition coefficient (Wildman–Crippen LogP) is 2.86. The number of aryl methyl sites for hydroxylation is 1. The van der Waals surface area contributed by atoms with Crippen molar-refractivity contribution < 1.29 is 4.79 Å². The van der Waals surface area contributed by atoms with Gasteiger partial charge in [-0.05, 0) is 43.2 Å². The first-order chi connectivity index (χ1) is 7.29. The maximum Gasteiger partial charge on any atom is 0.124 e. The average Bonchev–Trinajstić information content (AvgIpc) is 3.12. The molecule has 0 heterocycles. The van der Waals surface area contributed by atoms with Gasteiger partial charge in [-0.2, -0.15) is 0 Å². The molecule has 0 spiro atoms. The molecule has 2 aliphatic carbocycles. The van der Waals surface area contributed by atoms with Crippen molar-refractivity contribution in [3.63, 3.8) is 0 Å². The van der Waals surface area contributed by atoms with Gasteiger partial charge in [-0.3, -0.25) is 0 Å². The van der Waals surface area contributed by atoms with E-state index in [1.54, 1.807) is 0 Å². The minimum Gasteiger partial charge on any atom is -0.303 e. The van der Waals surface area contributed by atoms with Gasteiger partial charge in [-0.15, -0.1) is 0 Å². The van der Waals surface area contributed by atoms with E-state index >= 15 is 0 Å². The number of hydrogen-bond acceptors (Lipinski definition) is 1. The van der Waals surface area contributed by atoms with Crippen LogP contribution in [0.3, 0.4) is 0 Å². The van der Waals surface area contributed by atoms with E-state index in [9.17, 15) is 4.79 Å². The van der Waals surface area contributed by atoms with E-state index in [0.29, 0.717) is 5.92 Å². The van der Waals surface area contributed by atoms with E-state index in [2.05, 4.69) is 31.2 Å². The molecule has 0 N–H and O–H groups in total. The number of carbonyl (C=O) groups excluding carboxylic acids is 1. The normalized spacial score (nSPS) is 33.8. The smallest absolute Gasteiger partial charge is 0.124 e. The van der Waals surface area contributed by atoms with Crippen LogP contribution in [0.5, 0.6) is 0 Å². The molecule has 2 fully saturated rings. The summed E-state index contributed by atoms with van der Waals surface area (Å²) in [6.45, 7) is 2.17. The summed E-state index contributed by atoms with van der Waals surface area (Å²) in [6, 6.07) is 8.57. The van der Waals surface area contributed by atoms with Crippen molar-refractivity contribution in [3.8, 4) is 0 Å². The Morgan fingerprint density at radius 3 is 2.60 bits per heavy atom. The summed E-state index contributed by atoms with van der Waals surface area (Å²) in [5.41, 5.74) is 3.03. The molecular weight excluding hydrogens is 184 g/mol. The van der Waals surface area contributed by atoms with Crippen LogP contribution in [0.4, 0.5) is 0 Å². The number of hydrogen-bond donors (Lipinski definition) is 0. The maximum absolute atomic E-state index is 11.0. The van der Waals surface area contributed by atoms with Gasteiger partial charge in [0.25, 0.3) is 0 Å². The molecule has 1 aromatic rings. The molecule has 0 aliphatic heterocycles. The van der Waals surface area contributed by atoms with Gasteiger partial charge in [0.2, 0.25) is 0 Å². The first kappa shape index (κ1) is 9.14. The first-order valence-corrected chi connectivity index (χ1v) is 5.80. The molecule has 3 rings (SSSR count). The van der Waals surface area contributed by atoms with Crippen molar-refractivity contribution in [3.05, 3.63) is 35.4 Å². The molecule has 78 valence electrons. The zero-order valence-electron chi connectivity index (χ0n) is 9.07. The predicted molar refractivity (Wildman–Crippen MR) is 59.8 cm³/mol. The lowest BCUT2D eigenvalue weighted by molar-refractivity contribution is -0.109. The third-order valence-electron chi connectivity index (χ3n) is 4.18. The van der Waals surface area contributed by atoms with Crippen LogP contribution in [0.15, 0.2) is 24.3 Å². The van der Waals surface area contributed by atoms with Crippen molar-refractivity contribution in [1.82, 2.24) is 0 Å². The van der Waals surface area contributed by atoms with Gasteiger partial charge in [0.1, 0.15) is 6.29 Å². The lowest BCUT2D eigenvalue weighted by Gasteiger charge is -2.18. The molecule has 1 heteroatoms. The van der Waals surface area contributed by atoms with Crippen LogP contribution in [0.1, 0.15) is 30.4 Å². The molecule has 0 bridgehead atoms. The van der Waals surface area contributed by atoms with Crippen LogP contribution in [0, 0.1) is 18.8 Å². The SMILES string of the molecule is Cc1ccccc1C1(C2CC2)CC1C=O.